The Morgan fingerprint density at radius 3 is 3.14 bits per heavy atom. The van der Waals surface area contributed by atoms with Crippen molar-refractivity contribution in [3.8, 4) is 0 Å². The van der Waals surface area contributed by atoms with E-state index in [9.17, 15) is 0 Å². The minimum atomic E-state index is 0.0436. The van der Waals surface area contributed by atoms with E-state index in [2.05, 4.69) is 38.7 Å². The number of nitrogens with one attached hydrogen (secondary N) is 3. The zero-order chi connectivity index (χ0) is 9.80. The van der Waals surface area contributed by atoms with E-state index < -0.39 is 0 Å². The standard InChI is InChI=1S/C9H13N5/c1-10-8-4-2-3-7(5-8)6-9-11-13-14-12-9/h2-5,9-10H,6H2,1H3,(H,11,14)(H,12,13). The first-order valence-corrected chi connectivity index (χ1v) is 4.55. The number of hydrogen-bond donors (Lipinski definition) is 3. The quantitative estimate of drug-likeness (QED) is 0.669. The van der Waals surface area contributed by atoms with Crippen molar-refractivity contribution < 1.29 is 0 Å². The molecule has 3 N–H and O–H groups in total. The van der Waals surface area contributed by atoms with Crippen LogP contribution in [0.5, 0.6) is 0 Å². The zero-order valence-corrected chi connectivity index (χ0v) is 7.99. The third-order valence-corrected chi connectivity index (χ3v) is 2.12. The van der Waals surface area contributed by atoms with Gasteiger partial charge < -0.3 is 5.32 Å². The summed E-state index contributed by atoms with van der Waals surface area (Å²) in [5, 5.41) is 10.7. The monoisotopic (exact) mass is 191 g/mol. The molecule has 1 aliphatic heterocycles. The highest BCUT2D eigenvalue weighted by atomic mass is 15.7. The molecule has 5 heteroatoms. The Kier molecular flexibility index (Phi) is 2.60. The summed E-state index contributed by atoms with van der Waals surface area (Å²) in [6, 6.07) is 8.25. The minimum Gasteiger partial charge on any atom is -0.388 e. The second-order valence-electron chi connectivity index (χ2n) is 3.14. The average Bonchev–Trinajstić information content (AvgIpc) is 2.71. The Morgan fingerprint density at radius 2 is 2.43 bits per heavy atom. The molecule has 0 saturated heterocycles. The van der Waals surface area contributed by atoms with Gasteiger partial charge in [-0.2, -0.15) is 5.43 Å². The zero-order valence-electron chi connectivity index (χ0n) is 7.99. The lowest BCUT2D eigenvalue weighted by molar-refractivity contribution is 0.529. The predicted molar refractivity (Wildman–Crippen MR) is 54.6 cm³/mol. The normalized spacial score (nSPS) is 19.4. The molecule has 1 aliphatic rings. The first kappa shape index (κ1) is 8.96. The summed E-state index contributed by atoms with van der Waals surface area (Å²) in [6.45, 7) is 0. The lowest BCUT2D eigenvalue weighted by Crippen LogP contribution is -2.31. The topological polar surface area (TPSA) is 60.8 Å². The molecular weight excluding hydrogens is 178 g/mol. The van der Waals surface area contributed by atoms with Crippen molar-refractivity contribution in [1.29, 1.82) is 0 Å². The van der Waals surface area contributed by atoms with Gasteiger partial charge >= 0.3 is 0 Å². The highest BCUT2D eigenvalue weighted by Gasteiger charge is 2.11. The second-order valence-corrected chi connectivity index (χ2v) is 3.14. The lowest BCUT2D eigenvalue weighted by Gasteiger charge is -2.07. The number of hydrogen-bond acceptors (Lipinski definition) is 5. The van der Waals surface area contributed by atoms with E-state index in [1.807, 2.05) is 19.2 Å². The van der Waals surface area contributed by atoms with Crippen molar-refractivity contribution in [2.45, 2.75) is 12.6 Å². The van der Waals surface area contributed by atoms with E-state index in [0.29, 0.717) is 0 Å². The molecule has 0 aromatic heterocycles. The summed E-state index contributed by atoms with van der Waals surface area (Å²) < 4.78 is 0. The summed E-state index contributed by atoms with van der Waals surface area (Å²) in [7, 11) is 1.91. The van der Waals surface area contributed by atoms with Gasteiger partial charge in [0.2, 0.25) is 0 Å². The van der Waals surface area contributed by atoms with Crippen LogP contribution in [0.4, 0.5) is 5.69 Å². The molecule has 0 radical (unpaired) electrons. The average molecular weight is 191 g/mol. The van der Waals surface area contributed by atoms with Crippen LogP contribution in [0.2, 0.25) is 0 Å². The molecule has 1 aromatic rings. The van der Waals surface area contributed by atoms with Gasteiger partial charge in [-0.25, -0.2) is 5.53 Å². The van der Waals surface area contributed by atoms with Gasteiger partial charge in [-0.05, 0) is 17.7 Å². The van der Waals surface area contributed by atoms with Crippen LogP contribution < -0.4 is 16.3 Å². The Hall–Kier alpha value is -1.62. The van der Waals surface area contributed by atoms with Gasteiger partial charge in [0.25, 0.3) is 0 Å². The summed E-state index contributed by atoms with van der Waals surface area (Å²) in [4.78, 5) is 0. The molecular formula is C9H13N5. The van der Waals surface area contributed by atoms with E-state index in [1.54, 1.807) is 0 Å². The maximum atomic E-state index is 3.97. The fourth-order valence-corrected chi connectivity index (χ4v) is 1.40. The van der Waals surface area contributed by atoms with Crippen molar-refractivity contribution in [3.05, 3.63) is 29.8 Å². The highest BCUT2D eigenvalue weighted by Crippen LogP contribution is 2.12. The van der Waals surface area contributed by atoms with Crippen LogP contribution >= 0.6 is 0 Å². The maximum absolute atomic E-state index is 3.97. The van der Waals surface area contributed by atoms with Crippen molar-refractivity contribution in [2.75, 3.05) is 12.4 Å². The van der Waals surface area contributed by atoms with Crippen LogP contribution in [0, 0.1) is 0 Å². The van der Waals surface area contributed by atoms with E-state index in [1.165, 1.54) is 5.56 Å². The predicted octanol–water partition coefficient (Wildman–Crippen LogP) is 1.07. The van der Waals surface area contributed by atoms with Gasteiger partial charge in [0.1, 0.15) is 6.17 Å². The first-order valence-electron chi connectivity index (χ1n) is 4.55. The van der Waals surface area contributed by atoms with Crippen LogP contribution in [-0.2, 0) is 6.42 Å². The van der Waals surface area contributed by atoms with Crippen LogP contribution in [-0.4, -0.2) is 13.2 Å². The van der Waals surface area contributed by atoms with Crippen LogP contribution in [0.25, 0.3) is 0 Å². The Labute approximate surface area is 82.6 Å². The van der Waals surface area contributed by atoms with Gasteiger partial charge in [0, 0.05) is 19.2 Å². The summed E-state index contributed by atoms with van der Waals surface area (Å²) >= 11 is 0. The molecule has 2 rings (SSSR count). The molecule has 0 fully saturated rings. The Balaban J connectivity index is 2.04. The molecule has 0 amide bonds. The highest BCUT2D eigenvalue weighted by molar-refractivity contribution is 5.45. The lowest BCUT2D eigenvalue weighted by atomic mass is 10.1. The molecule has 1 heterocycles. The van der Waals surface area contributed by atoms with Crippen LogP contribution in [0.3, 0.4) is 0 Å². The molecule has 0 spiro atoms. The van der Waals surface area contributed by atoms with Gasteiger partial charge in [-0.15, -0.1) is 5.11 Å². The van der Waals surface area contributed by atoms with Crippen molar-refractivity contribution in [2.24, 2.45) is 10.3 Å². The fraction of sp³-hybridized carbons (Fsp3) is 0.333. The fourth-order valence-electron chi connectivity index (χ4n) is 1.40. The summed E-state index contributed by atoms with van der Waals surface area (Å²) in [6.07, 6.45) is 0.883. The van der Waals surface area contributed by atoms with E-state index >= 15 is 0 Å². The van der Waals surface area contributed by atoms with Gasteiger partial charge in [-0.1, -0.05) is 17.4 Å². The Morgan fingerprint density at radius 1 is 1.50 bits per heavy atom. The molecule has 14 heavy (non-hydrogen) atoms. The van der Waals surface area contributed by atoms with Gasteiger partial charge in [0.05, 0.1) is 0 Å². The molecule has 1 unspecified atom stereocenters. The number of nitrogens with zero attached hydrogens (tertiary/aromatic N) is 2. The number of anilines is 1. The second kappa shape index (κ2) is 4.06. The summed E-state index contributed by atoms with van der Waals surface area (Å²) in [5.41, 5.74) is 7.90. The third kappa shape index (κ3) is 2.00. The first-order chi connectivity index (χ1) is 6.88. The molecule has 0 saturated carbocycles. The number of hydrazine groups is 1. The third-order valence-electron chi connectivity index (χ3n) is 2.12. The van der Waals surface area contributed by atoms with Crippen molar-refractivity contribution in [3.63, 3.8) is 0 Å². The molecule has 0 aliphatic carbocycles. The van der Waals surface area contributed by atoms with Crippen LogP contribution in [0.15, 0.2) is 34.6 Å². The molecule has 74 valence electrons. The molecule has 0 bridgehead atoms. The van der Waals surface area contributed by atoms with E-state index in [-0.39, 0.29) is 6.17 Å². The number of rotatable bonds is 3. The minimum absolute atomic E-state index is 0.0436. The van der Waals surface area contributed by atoms with Crippen molar-refractivity contribution >= 4 is 5.69 Å². The molecule has 1 atom stereocenters. The van der Waals surface area contributed by atoms with Gasteiger partial charge in [-0.3, -0.25) is 0 Å². The largest absolute Gasteiger partial charge is 0.388 e. The smallest absolute Gasteiger partial charge is 0.144 e. The van der Waals surface area contributed by atoms with Crippen LogP contribution in [0.1, 0.15) is 5.56 Å². The summed E-state index contributed by atoms with van der Waals surface area (Å²) in [5.74, 6) is 0. The SMILES string of the molecule is CNc1cccc(CC2N=NNN2)c1. The Bertz CT molecular complexity index is 336. The van der Waals surface area contributed by atoms with E-state index in [0.717, 1.165) is 12.1 Å². The number of benzene rings is 1. The maximum Gasteiger partial charge on any atom is 0.144 e. The van der Waals surface area contributed by atoms with Crippen molar-refractivity contribution in [1.82, 2.24) is 11.0 Å². The molecule has 1 aromatic carbocycles. The van der Waals surface area contributed by atoms with Gasteiger partial charge in [0.15, 0.2) is 0 Å². The molecule has 5 nitrogen and oxygen atoms in total. The van der Waals surface area contributed by atoms with E-state index in [4.69, 9.17) is 0 Å².